The minimum atomic E-state index is -0.617. The molecule has 1 amide bonds. The van der Waals surface area contributed by atoms with Crippen LogP contribution >= 0.6 is 0 Å². The summed E-state index contributed by atoms with van der Waals surface area (Å²) in [5.41, 5.74) is 1.42. The van der Waals surface area contributed by atoms with Gasteiger partial charge in [-0.05, 0) is 55.4 Å². The number of benzene rings is 1. The summed E-state index contributed by atoms with van der Waals surface area (Å²) in [6, 6.07) is 8.19. The quantitative estimate of drug-likeness (QED) is 0.340. The van der Waals surface area contributed by atoms with Gasteiger partial charge in [0.15, 0.2) is 23.2 Å². The van der Waals surface area contributed by atoms with Gasteiger partial charge < -0.3 is 24.1 Å². The highest BCUT2D eigenvalue weighted by Crippen LogP contribution is 2.39. The van der Waals surface area contributed by atoms with E-state index in [0.717, 1.165) is 18.4 Å². The second-order valence-electron chi connectivity index (χ2n) is 11.0. The molecule has 3 heterocycles. The van der Waals surface area contributed by atoms with Crippen molar-refractivity contribution in [3.05, 3.63) is 59.1 Å². The van der Waals surface area contributed by atoms with E-state index in [1.807, 2.05) is 13.0 Å². The normalized spacial score (nSPS) is 22.7. The fraction of sp³-hybridized carbons (Fsp3) is 0.452. The number of anilines is 1. The maximum atomic E-state index is 16.2. The van der Waals surface area contributed by atoms with Crippen LogP contribution in [0.4, 0.5) is 10.2 Å². The van der Waals surface area contributed by atoms with Crippen LogP contribution in [0.15, 0.2) is 41.0 Å². The average molecular weight is 550 g/mol. The zero-order chi connectivity index (χ0) is 28.6. The SMILES string of the molecule is CCC1C(=O)C(Nc2nc(-c3ccco3)c3c(c2F)CN(Cc2ccc(OC)cc2OC)C3=O)CC(C)CC1C. The van der Waals surface area contributed by atoms with Crippen molar-refractivity contribution < 1.29 is 27.9 Å². The zero-order valence-corrected chi connectivity index (χ0v) is 23.6. The predicted molar refractivity (Wildman–Crippen MR) is 149 cm³/mol. The molecular formula is C31H36FN3O5. The van der Waals surface area contributed by atoms with Crippen molar-refractivity contribution in [2.24, 2.45) is 17.8 Å². The number of furan rings is 1. The van der Waals surface area contributed by atoms with Crippen LogP contribution in [-0.4, -0.2) is 41.8 Å². The minimum Gasteiger partial charge on any atom is -0.497 e. The molecule has 1 saturated carbocycles. The van der Waals surface area contributed by atoms with E-state index in [-0.39, 0.29) is 59.3 Å². The van der Waals surface area contributed by atoms with Crippen molar-refractivity contribution in [3.8, 4) is 23.0 Å². The molecule has 0 spiro atoms. The van der Waals surface area contributed by atoms with Gasteiger partial charge in [0.05, 0.1) is 38.6 Å². The van der Waals surface area contributed by atoms with Crippen molar-refractivity contribution in [1.82, 2.24) is 9.88 Å². The molecule has 0 bridgehead atoms. The summed E-state index contributed by atoms with van der Waals surface area (Å²) in [5, 5.41) is 3.16. The van der Waals surface area contributed by atoms with Crippen LogP contribution in [-0.2, 0) is 17.9 Å². The van der Waals surface area contributed by atoms with Gasteiger partial charge in [-0.15, -0.1) is 0 Å². The number of hydrogen-bond acceptors (Lipinski definition) is 7. The van der Waals surface area contributed by atoms with E-state index >= 15 is 4.39 Å². The number of ether oxygens (including phenoxy) is 2. The van der Waals surface area contributed by atoms with E-state index in [1.54, 1.807) is 43.4 Å². The zero-order valence-electron chi connectivity index (χ0n) is 23.6. The first kappa shape index (κ1) is 27.7. The first-order chi connectivity index (χ1) is 19.2. The number of rotatable bonds is 8. The minimum absolute atomic E-state index is 0.0308. The summed E-state index contributed by atoms with van der Waals surface area (Å²) in [6.45, 7) is 6.51. The number of hydrogen-bond donors (Lipinski definition) is 1. The summed E-state index contributed by atoms with van der Waals surface area (Å²) in [5.74, 6) is 1.11. The fourth-order valence-corrected chi connectivity index (χ4v) is 6.27. The van der Waals surface area contributed by atoms with Crippen LogP contribution in [0.5, 0.6) is 11.5 Å². The van der Waals surface area contributed by atoms with Crippen molar-refractivity contribution in [1.29, 1.82) is 0 Å². The molecule has 40 heavy (non-hydrogen) atoms. The lowest BCUT2D eigenvalue weighted by molar-refractivity contribution is -0.124. The van der Waals surface area contributed by atoms with E-state index in [9.17, 15) is 9.59 Å². The standard InChI is InChI=1S/C31H36FN3O5/c1-6-21-18(3)12-17(2)13-23(29(21)36)33-30-27(32)22-16-35(15-19-9-10-20(38-4)14-25(19)39-5)31(37)26(22)28(34-30)24-8-7-11-40-24/h7-11,14,17-18,21,23H,6,12-13,15-16H2,1-5H3,(H,33,34). The van der Waals surface area contributed by atoms with Gasteiger partial charge in [-0.1, -0.05) is 20.8 Å². The molecule has 2 aliphatic rings. The molecule has 1 aromatic carbocycles. The number of aromatic nitrogens is 1. The van der Waals surface area contributed by atoms with Gasteiger partial charge in [0.1, 0.15) is 17.2 Å². The van der Waals surface area contributed by atoms with Gasteiger partial charge in [-0.3, -0.25) is 9.59 Å². The Labute approximate surface area is 233 Å². The van der Waals surface area contributed by atoms with Gasteiger partial charge in [0.2, 0.25) is 0 Å². The third kappa shape index (κ3) is 5.05. The topological polar surface area (TPSA) is 93.9 Å². The summed E-state index contributed by atoms with van der Waals surface area (Å²) in [7, 11) is 3.12. The summed E-state index contributed by atoms with van der Waals surface area (Å²) in [6.07, 6.45) is 3.76. The largest absolute Gasteiger partial charge is 0.497 e. The van der Waals surface area contributed by atoms with Gasteiger partial charge in [0, 0.05) is 29.7 Å². The number of amides is 1. The molecule has 212 valence electrons. The second kappa shape index (κ2) is 11.3. The molecule has 8 nitrogen and oxygen atoms in total. The Hall–Kier alpha value is -3.88. The number of halogens is 1. The third-order valence-electron chi connectivity index (χ3n) is 8.25. The van der Waals surface area contributed by atoms with E-state index in [1.165, 1.54) is 6.26 Å². The lowest BCUT2D eigenvalue weighted by Crippen LogP contribution is -2.36. The Morgan fingerprint density at radius 1 is 1.15 bits per heavy atom. The average Bonchev–Trinajstić information content (AvgIpc) is 3.57. The number of ketones is 1. The Balaban J connectivity index is 1.52. The molecule has 9 heteroatoms. The molecule has 2 aromatic heterocycles. The number of nitrogens with zero attached hydrogens (tertiary/aromatic N) is 2. The Morgan fingerprint density at radius 3 is 2.62 bits per heavy atom. The van der Waals surface area contributed by atoms with Crippen molar-refractivity contribution in [2.45, 2.75) is 59.2 Å². The van der Waals surface area contributed by atoms with Crippen LogP contribution in [0.1, 0.15) is 61.5 Å². The van der Waals surface area contributed by atoms with Crippen LogP contribution in [0.2, 0.25) is 0 Å². The van der Waals surface area contributed by atoms with E-state index in [0.29, 0.717) is 29.6 Å². The monoisotopic (exact) mass is 549 g/mol. The highest BCUT2D eigenvalue weighted by Gasteiger charge is 2.39. The third-order valence-corrected chi connectivity index (χ3v) is 8.25. The summed E-state index contributed by atoms with van der Waals surface area (Å²) >= 11 is 0. The molecule has 1 aliphatic carbocycles. The summed E-state index contributed by atoms with van der Waals surface area (Å²) in [4.78, 5) is 33.3. The van der Waals surface area contributed by atoms with Crippen molar-refractivity contribution >= 4 is 17.5 Å². The Kier molecular flexibility index (Phi) is 7.83. The van der Waals surface area contributed by atoms with Gasteiger partial charge in [-0.2, -0.15) is 0 Å². The lowest BCUT2D eigenvalue weighted by Gasteiger charge is -2.23. The van der Waals surface area contributed by atoms with Crippen molar-refractivity contribution in [3.63, 3.8) is 0 Å². The highest BCUT2D eigenvalue weighted by atomic mass is 19.1. The van der Waals surface area contributed by atoms with Crippen molar-refractivity contribution in [2.75, 3.05) is 19.5 Å². The fourth-order valence-electron chi connectivity index (χ4n) is 6.27. The first-order valence-corrected chi connectivity index (χ1v) is 13.8. The first-order valence-electron chi connectivity index (χ1n) is 13.8. The number of pyridine rings is 1. The van der Waals surface area contributed by atoms with Crippen LogP contribution in [0.25, 0.3) is 11.5 Å². The number of methoxy groups -OCH3 is 2. The molecular weight excluding hydrogens is 513 g/mol. The summed E-state index contributed by atoms with van der Waals surface area (Å²) < 4.78 is 32.6. The molecule has 3 aromatic rings. The molecule has 1 N–H and O–H groups in total. The Morgan fingerprint density at radius 2 is 1.95 bits per heavy atom. The number of carbonyl (C=O) groups excluding carboxylic acids is 2. The maximum absolute atomic E-state index is 16.2. The van der Waals surface area contributed by atoms with Crippen LogP contribution in [0.3, 0.4) is 0 Å². The molecule has 0 saturated heterocycles. The second-order valence-corrected chi connectivity index (χ2v) is 11.0. The number of carbonyl (C=O) groups is 2. The lowest BCUT2D eigenvalue weighted by atomic mass is 9.85. The highest BCUT2D eigenvalue weighted by molar-refractivity contribution is 6.04. The number of Topliss-reactive ketones (excluding diaryl/α,β-unsaturated/α-hetero) is 1. The molecule has 5 rings (SSSR count). The van der Waals surface area contributed by atoms with E-state index in [4.69, 9.17) is 13.9 Å². The predicted octanol–water partition coefficient (Wildman–Crippen LogP) is 6.10. The number of nitrogens with one attached hydrogen (secondary N) is 1. The molecule has 4 unspecified atom stereocenters. The number of fused-ring (bicyclic) bond motifs is 1. The molecule has 4 atom stereocenters. The van der Waals surface area contributed by atoms with Crippen LogP contribution in [0, 0.1) is 23.6 Å². The molecule has 1 aliphatic heterocycles. The van der Waals surface area contributed by atoms with Crippen LogP contribution < -0.4 is 14.8 Å². The van der Waals surface area contributed by atoms with Gasteiger partial charge in [-0.25, -0.2) is 9.37 Å². The van der Waals surface area contributed by atoms with Gasteiger partial charge in [0.25, 0.3) is 5.91 Å². The molecule has 1 fully saturated rings. The van der Waals surface area contributed by atoms with E-state index < -0.39 is 11.9 Å². The maximum Gasteiger partial charge on any atom is 0.257 e. The smallest absolute Gasteiger partial charge is 0.257 e. The van der Waals surface area contributed by atoms with E-state index in [2.05, 4.69) is 24.1 Å². The van der Waals surface area contributed by atoms with Gasteiger partial charge >= 0.3 is 0 Å². The Bertz CT molecular complexity index is 1410. The molecule has 0 radical (unpaired) electrons.